The summed E-state index contributed by atoms with van der Waals surface area (Å²) in [5.41, 5.74) is 0.371. The first kappa shape index (κ1) is 10.2. The van der Waals surface area contributed by atoms with E-state index >= 15 is 0 Å². The maximum absolute atomic E-state index is 11.6. The van der Waals surface area contributed by atoms with Crippen LogP contribution in [-0.4, -0.2) is 33.7 Å². The van der Waals surface area contributed by atoms with Crippen LogP contribution in [-0.2, 0) is 7.05 Å². The van der Waals surface area contributed by atoms with Crippen LogP contribution in [0.2, 0.25) is 0 Å². The van der Waals surface area contributed by atoms with E-state index in [2.05, 4.69) is 10.3 Å². The van der Waals surface area contributed by atoms with E-state index in [-0.39, 0.29) is 17.9 Å². The predicted molar refractivity (Wildman–Crippen MR) is 54.3 cm³/mol. The van der Waals surface area contributed by atoms with Crippen LogP contribution >= 0.6 is 0 Å². The zero-order valence-corrected chi connectivity index (χ0v) is 8.73. The molecule has 5 nitrogen and oxygen atoms in total. The second kappa shape index (κ2) is 3.66. The normalized spacial score (nSPS) is 17.5. The van der Waals surface area contributed by atoms with Gasteiger partial charge < -0.3 is 15.0 Å². The Morgan fingerprint density at radius 3 is 2.93 bits per heavy atom. The van der Waals surface area contributed by atoms with E-state index in [1.807, 2.05) is 7.05 Å². The van der Waals surface area contributed by atoms with Gasteiger partial charge in [-0.05, 0) is 12.8 Å². The quantitative estimate of drug-likeness (QED) is 0.729. The first-order chi connectivity index (χ1) is 7.15. The minimum absolute atomic E-state index is 0.0512. The molecule has 0 radical (unpaired) electrons. The molecule has 2 N–H and O–H groups in total. The van der Waals surface area contributed by atoms with E-state index in [0.29, 0.717) is 12.2 Å². The lowest BCUT2D eigenvalue weighted by molar-refractivity contribution is 0.0930. The second-order valence-electron chi connectivity index (χ2n) is 4.27. The Hall–Kier alpha value is -1.36. The number of aliphatic hydroxyl groups is 1. The van der Waals surface area contributed by atoms with Gasteiger partial charge >= 0.3 is 0 Å². The summed E-state index contributed by atoms with van der Waals surface area (Å²) >= 11 is 0. The zero-order chi connectivity index (χ0) is 10.9. The largest absolute Gasteiger partial charge is 0.396 e. The van der Waals surface area contributed by atoms with Gasteiger partial charge in [-0.25, -0.2) is 4.98 Å². The van der Waals surface area contributed by atoms with Gasteiger partial charge in [-0.3, -0.25) is 4.79 Å². The Morgan fingerprint density at radius 1 is 1.73 bits per heavy atom. The molecule has 1 aliphatic rings. The van der Waals surface area contributed by atoms with Gasteiger partial charge in [0.15, 0.2) is 0 Å². The van der Waals surface area contributed by atoms with E-state index in [0.717, 1.165) is 12.8 Å². The molecule has 1 aromatic rings. The molecule has 1 fully saturated rings. The van der Waals surface area contributed by atoms with Crippen molar-refractivity contribution < 1.29 is 9.90 Å². The first-order valence-electron chi connectivity index (χ1n) is 5.02. The predicted octanol–water partition coefficient (Wildman–Crippen LogP) is -0.0776. The molecule has 82 valence electrons. The summed E-state index contributed by atoms with van der Waals surface area (Å²) in [6.07, 6.45) is 5.25. The molecule has 0 aliphatic heterocycles. The van der Waals surface area contributed by atoms with Gasteiger partial charge in [-0.15, -0.1) is 0 Å². The SMILES string of the molecule is Cn1cnc(C(=O)NCC2(CO)CC2)c1. The van der Waals surface area contributed by atoms with Gasteiger partial charge in [-0.1, -0.05) is 0 Å². The molecule has 0 spiro atoms. The summed E-state index contributed by atoms with van der Waals surface area (Å²) in [7, 11) is 1.82. The smallest absolute Gasteiger partial charge is 0.271 e. The molecule has 5 heteroatoms. The Labute approximate surface area is 88.1 Å². The van der Waals surface area contributed by atoms with Gasteiger partial charge in [0.2, 0.25) is 0 Å². The van der Waals surface area contributed by atoms with E-state index in [9.17, 15) is 4.79 Å². The van der Waals surface area contributed by atoms with E-state index in [4.69, 9.17) is 5.11 Å². The molecule has 0 aromatic carbocycles. The summed E-state index contributed by atoms with van der Waals surface area (Å²) in [6, 6.07) is 0. The molecule has 1 aliphatic carbocycles. The lowest BCUT2D eigenvalue weighted by atomic mass is 10.1. The average molecular weight is 209 g/mol. The molecule has 1 amide bonds. The highest BCUT2D eigenvalue weighted by Crippen LogP contribution is 2.44. The number of hydrogen-bond donors (Lipinski definition) is 2. The van der Waals surface area contributed by atoms with Crippen LogP contribution in [0, 0.1) is 5.41 Å². The Morgan fingerprint density at radius 2 is 2.47 bits per heavy atom. The van der Waals surface area contributed by atoms with Gasteiger partial charge in [0.05, 0.1) is 12.9 Å². The second-order valence-corrected chi connectivity index (χ2v) is 4.27. The molecule has 0 bridgehead atoms. The van der Waals surface area contributed by atoms with Gasteiger partial charge in [0.25, 0.3) is 5.91 Å². The summed E-state index contributed by atoms with van der Waals surface area (Å²) in [5.74, 6) is -0.171. The number of imidazole rings is 1. The molecule has 0 saturated heterocycles. The number of aromatic nitrogens is 2. The highest BCUT2D eigenvalue weighted by Gasteiger charge is 2.42. The lowest BCUT2D eigenvalue weighted by Crippen LogP contribution is -2.32. The third-order valence-electron chi connectivity index (χ3n) is 2.85. The van der Waals surface area contributed by atoms with Gasteiger partial charge in [-0.2, -0.15) is 0 Å². The van der Waals surface area contributed by atoms with E-state index < -0.39 is 0 Å². The third-order valence-corrected chi connectivity index (χ3v) is 2.85. The van der Waals surface area contributed by atoms with Crippen molar-refractivity contribution in [3.05, 3.63) is 18.2 Å². The van der Waals surface area contributed by atoms with Crippen LogP contribution in [0.15, 0.2) is 12.5 Å². The fourth-order valence-electron chi connectivity index (χ4n) is 1.46. The van der Waals surface area contributed by atoms with Crippen molar-refractivity contribution in [3.63, 3.8) is 0 Å². The zero-order valence-electron chi connectivity index (χ0n) is 8.73. The Balaban J connectivity index is 1.88. The molecule has 0 atom stereocenters. The van der Waals surface area contributed by atoms with Crippen LogP contribution < -0.4 is 5.32 Å². The fraction of sp³-hybridized carbons (Fsp3) is 0.600. The number of nitrogens with one attached hydrogen (secondary N) is 1. The monoisotopic (exact) mass is 209 g/mol. The van der Waals surface area contributed by atoms with Crippen LogP contribution in [0.1, 0.15) is 23.3 Å². The number of carbonyl (C=O) groups excluding carboxylic acids is 1. The molecule has 1 heterocycles. The van der Waals surface area contributed by atoms with Gasteiger partial charge in [0, 0.05) is 25.2 Å². The van der Waals surface area contributed by atoms with Crippen molar-refractivity contribution >= 4 is 5.91 Å². The molecular formula is C10H15N3O2. The molecule has 0 unspecified atom stereocenters. The number of rotatable bonds is 4. The molecule has 1 aromatic heterocycles. The molecule has 2 rings (SSSR count). The van der Waals surface area contributed by atoms with E-state index in [1.54, 1.807) is 17.1 Å². The highest BCUT2D eigenvalue weighted by atomic mass is 16.3. The Bertz CT molecular complexity index is 368. The van der Waals surface area contributed by atoms with Crippen molar-refractivity contribution in [1.29, 1.82) is 0 Å². The highest BCUT2D eigenvalue weighted by molar-refractivity contribution is 5.92. The lowest BCUT2D eigenvalue weighted by Gasteiger charge is -2.11. The van der Waals surface area contributed by atoms with E-state index in [1.165, 1.54) is 0 Å². The maximum atomic E-state index is 11.6. The van der Waals surface area contributed by atoms with Crippen molar-refractivity contribution in [3.8, 4) is 0 Å². The average Bonchev–Trinajstić information content (AvgIpc) is 2.90. The maximum Gasteiger partial charge on any atom is 0.271 e. The summed E-state index contributed by atoms with van der Waals surface area (Å²) < 4.78 is 1.73. The van der Waals surface area contributed by atoms with Crippen molar-refractivity contribution in [1.82, 2.24) is 14.9 Å². The van der Waals surface area contributed by atoms with Crippen LogP contribution in [0.4, 0.5) is 0 Å². The number of aryl methyl sites for hydroxylation is 1. The summed E-state index contributed by atoms with van der Waals surface area (Å²) in [6.45, 7) is 0.689. The Kier molecular flexibility index (Phi) is 2.48. The first-order valence-corrected chi connectivity index (χ1v) is 5.02. The number of aliphatic hydroxyl groups excluding tert-OH is 1. The summed E-state index contributed by atoms with van der Waals surface area (Å²) in [4.78, 5) is 15.5. The fourth-order valence-corrected chi connectivity index (χ4v) is 1.46. The number of carbonyl (C=O) groups is 1. The number of nitrogens with zero attached hydrogens (tertiary/aromatic N) is 2. The summed E-state index contributed by atoms with van der Waals surface area (Å²) in [5, 5.41) is 11.9. The minimum Gasteiger partial charge on any atom is -0.396 e. The topological polar surface area (TPSA) is 67.2 Å². The van der Waals surface area contributed by atoms with Crippen molar-refractivity contribution in [2.24, 2.45) is 12.5 Å². The minimum atomic E-state index is -0.171. The molecular weight excluding hydrogens is 194 g/mol. The third kappa shape index (κ3) is 2.18. The molecule has 15 heavy (non-hydrogen) atoms. The number of amides is 1. The van der Waals surface area contributed by atoms with Crippen LogP contribution in [0.25, 0.3) is 0 Å². The van der Waals surface area contributed by atoms with Crippen molar-refractivity contribution in [2.45, 2.75) is 12.8 Å². The standard InChI is InChI=1S/C10H15N3O2/c1-13-4-8(12-7-13)9(15)11-5-10(6-14)2-3-10/h4,7,14H,2-3,5-6H2,1H3,(H,11,15). The van der Waals surface area contributed by atoms with Crippen LogP contribution in [0.3, 0.4) is 0 Å². The van der Waals surface area contributed by atoms with Crippen LogP contribution in [0.5, 0.6) is 0 Å². The molecule has 1 saturated carbocycles. The number of hydrogen-bond acceptors (Lipinski definition) is 3. The van der Waals surface area contributed by atoms with Crippen molar-refractivity contribution in [2.75, 3.05) is 13.2 Å². The van der Waals surface area contributed by atoms with Gasteiger partial charge in [0.1, 0.15) is 5.69 Å².